The smallest absolute Gasteiger partial charge is 0.257 e. The molecule has 3 rings (SSSR count). The molecule has 1 saturated carbocycles. The Morgan fingerprint density at radius 3 is 2.38 bits per heavy atom. The summed E-state index contributed by atoms with van der Waals surface area (Å²) in [7, 11) is 0. The molecule has 1 aliphatic rings. The summed E-state index contributed by atoms with van der Waals surface area (Å²) in [5, 5.41) is 9.64. The maximum atomic E-state index is 12.0. The SMILES string of the molecule is O=C(COc1ccc(/C=N/NC(=O)CC(=O)NC2CCCCC2)cc1)NCCc1ccccc1. The minimum Gasteiger partial charge on any atom is -0.484 e. The molecule has 2 aromatic rings. The summed E-state index contributed by atoms with van der Waals surface area (Å²) in [6.45, 7) is 0.483. The standard InChI is InChI=1S/C26H32N4O4/c31-24(29-22-9-5-2-6-10-22)17-25(32)30-28-18-21-11-13-23(14-12-21)34-19-26(33)27-16-15-20-7-3-1-4-8-20/h1,3-4,7-8,11-14,18,22H,2,5-6,9-10,15-17,19H2,(H,27,33)(H,29,31)(H,30,32)/b28-18+. The first-order valence-electron chi connectivity index (χ1n) is 11.7. The second-order valence-corrected chi connectivity index (χ2v) is 8.32. The fraction of sp³-hybridized carbons (Fsp3) is 0.385. The third-order valence-corrected chi connectivity index (χ3v) is 5.52. The molecular weight excluding hydrogens is 432 g/mol. The first-order valence-corrected chi connectivity index (χ1v) is 11.7. The van der Waals surface area contributed by atoms with Crippen LogP contribution in [-0.4, -0.2) is 43.1 Å². The maximum absolute atomic E-state index is 12.0. The molecule has 0 radical (unpaired) electrons. The van der Waals surface area contributed by atoms with Crippen LogP contribution in [-0.2, 0) is 20.8 Å². The summed E-state index contributed by atoms with van der Waals surface area (Å²) in [4.78, 5) is 35.8. The molecule has 3 N–H and O–H groups in total. The molecule has 0 spiro atoms. The minimum atomic E-state index is -0.456. The number of hydrazone groups is 1. The normalized spacial score (nSPS) is 13.9. The Bertz CT molecular complexity index is 955. The quantitative estimate of drug-likeness (QED) is 0.270. The molecule has 0 bridgehead atoms. The number of ether oxygens (including phenoxy) is 1. The molecule has 0 heterocycles. The minimum absolute atomic E-state index is 0.0682. The lowest BCUT2D eigenvalue weighted by Crippen LogP contribution is -2.38. The first kappa shape index (κ1) is 25.0. The molecule has 0 aromatic heterocycles. The van der Waals surface area contributed by atoms with Crippen LogP contribution in [0.15, 0.2) is 59.7 Å². The molecule has 1 aliphatic carbocycles. The van der Waals surface area contributed by atoms with Crippen LogP contribution >= 0.6 is 0 Å². The summed E-state index contributed by atoms with van der Waals surface area (Å²) < 4.78 is 5.50. The summed E-state index contributed by atoms with van der Waals surface area (Å²) in [6.07, 6.45) is 7.40. The Hall–Kier alpha value is -3.68. The van der Waals surface area contributed by atoms with Crippen molar-refractivity contribution in [2.75, 3.05) is 13.2 Å². The summed E-state index contributed by atoms with van der Waals surface area (Å²) in [5.74, 6) is -0.358. The molecule has 0 aliphatic heterocycles. The summed E-state index contributed by atoms with van der Waals surface area (Å²) >= 11 is 0. The number of nitrogens with one attached hydrogen (secondary N) is 3. The van der Waals surface area contributed by atoms with Crippen molar-refractivity contribution in [1.29, 1.82) is 0 Å². The number of carbonyl (C=O) groups is 3. The zero-order chi connectivity index (χ0) is 24.0. The van der Waals surface area contributed by atoms with Gasteiger partial charge in [0.2, 0.25) is 11.8 Å². The molecule has 3 amide bonds. The van der Waals surface area contributed by atoms with E-state index in [1.807, 2.05) is 30.3 Å². The summed E-state index contributed by atoms with van der Waals surface area (Å²) in [5.41, 5.74) is 4.28. The molecule has 0 atom stereocenters. The van der Waals surface area contributed by atoms with Gasteiger partial charge in [-0.05, 0) is 54.7 Å². The van der Waals surface area contributed by atoms with Gasteiger partial charge in [-0.3, -0.25) is 14.4 Å². The van der Waals surface area contributed by atoms with Gasteiger partial charge < -0.3 is 15.4 Å². The third-order valence-electron chi connectivity index (χ3n) is 5.52. The third kappa shape index (κ3) is 9.44. The van der Waals surface area contributed by atoms with E-state index in [4.69, 9.17) is 4.74 Å². The van der Waals surface area contributed by atoms with Crippen molar-refractivity contribution in [3.63, 3.8) is 0 Å². The number of carbonyl (C=O) groups excluding carboxylic acids is 3. The van der Waals surface area contributed by atoms with Gasteiger partial charge in [0.1, 0.15) is 12.2 Å². The molecule has 8 nitrogen and oxygen atoms in total. The molecular formula is C26H32N4O4. The van der Waals surface area contributed by atoms with Gasteiger partial charge in [0.25, 0.3) is 5.91 Å². The number of hydrogen-bond donors (Lipinski definition) is 3. The molecule has 180 valence electrons. The molecule has 8 heteroatoms. The lowest BCUT2D eigenvalue weighted by Gasteiger charge is -2.22. The average Bonchev–Trinajstić information content (AvgIpc) is 2.85. The van der Waals surface area contributed by atoms with Crippen molar-refractivity contribution in [2.45, 2.75) is 51.0 Å². The van der Waals surface area contributed by atoms with Crippen molar-refractivity contribution in [3.05, 3.63) is 65.7 Å². The largest absolute Gasteiger partial charge is 0.484 e. The van der Waals surface area contributed by atoms with Gasteiger partial charge in [-0.15, -0.1) is 0 Å². The van der Waals surface area contributed by atoms with Gasteiger partial charge >= 0.3 is 0 Å². The van der Waals surface area contributed by atoms with Crippen LogP contribution in [0.25, 0.3) is 0 Å². The highest BCUT2D eigenvalue weighted by molar-refractivity contribution is 5.97. The second-order valence-electron chi connectivity index (χ2n) is 8.32. The van der Waals surface area contributed by atoms with Gasteiger partial charge in [0.05, 0.1) is 6.21 Å². The number of rotatable bonds is 11. The number of benzene rings is 2. The van der Waals surface area contributed by atoms with Crippen molar-refractivity contribution >= 4 is 23.9 Å². The van der Waals surface area contributed by atoms with Crippen molar-refractivity contribution < 1.29 is 19.1 Å². The Balaban J connectivity index is 1.30. The highest BCUT2D eigenvalue weighted by Crippen LogP contribution is 2.17. The molecule has 0 saturated heterocycles. The highest BCUT2D eigenvalue weighted by Gasteiger charge is 2.17. The molecule has 34 heavy (non-hydrogen) atoms. The van der Waals surface area contributed by atoms with Crippen LogP contribution in [0.3, 0.4) is 0 Å². The van der Waals surface area contributed by atoms with Crippen molar-refractivity contribution in [3.8, 4) is 5.75 Å². The monoisotopic (exact) mass is 464 g/mol. The number of hydrogen-bond acceptors (Lipinski definition) is 5. The van der Waals surface area contributed by atoms with Gasteiger partial charge in [0, 0.05) is 12.6 Å². The zero-order valence-electron chi connectivity index (χ0n) is 19.3. The van der Waals surface area contributed by atoms with Crippen molar-refractivity contribution in [2.24, 2.45) is 5.10 Å². The van der Waals surface area contributed by atoms with E-state index in [1.165, 1.54) is 18.2 Å². The highest BCUT2D eigenvalue weighted by atomic mass is 16.5. The Labute approximate surface area is 200 Å². The van der Waals surface area contributed by atoms with Crippen LogP contribution < -0.4 is 20.8 Å². The number of amides is 3. The van der Waals surface area contributed by atoms with E-state index < -0.39 is 5.91 Å². The van der Waals surface area contributed by atoms with E-state index in [1.54, 1.807) is 24.3 Å². The van der Waals surface area contributed by atoms with E-state index in [9.17, 15) is 14.4 Å². The Morgan fingerprint density at radius 1 is 0.912 bits per heavy atom. The number of nitrogens with zero attached hydrogens (tertiary/aromatic N) is 1. The van der Waals surface area contributed by atoms with Crippen molar-refractivity contribution in [1.82, 2.24) is 16.1 Å². The lowest BCUT2D eigenvalue weighted by molar-refractivity contribution is -0.129. The van der Waals surface area contributed by atoms with Crippen LogP contribution in [0.5, 0.6) is 5.75 Å². The fourth-order valence-electron chi connectivity index (χ4n) is 3.73. The Kier molecular flexibility index (Phi) is 10.1. The van der Waals surface area contributed by atoms with Gasteiger partial charge in [-0.25, -0.2) is 5.43 Å². The van der Waals surface area contributed by atoms with E-state index >= 15 is 0 Å². The van der Waals surface area contributed by atoms with Gasteiger partial charge in [-0.1, -0.05) is 49.6 Å². The maximum Gasteiger partial charge on any atom is 0.257 e. The van der Waals surface area contributed by atoms with Crippen LogP contribution in [0.2, 0.25) is 0 Å². The molecule has 1 fully saturated rings. The molecule has 0 unspecified atom stereocenters. The Morgan fingerprint density at radius 2 is 1.65 bits per heavy atom. The van der Waals surface area contributed by atoms with E-state index in [0.717, 1.165) is 37.7 Å². The van der Waals surface area contributed by atoms with E-state index in [-0.39, 0.29) is 30.9 Å². The second kappa shape index (κ2) is 13.8. The van der Waals surface area contributed by atoms with E-state index in [0.29, 0.717) is 12.3 Å². The summed E-state index contributed by atoms with van der Waals surface area (Å²) in [6, 6.07) is 17.1. The predicted octanol–water partition coefficient (Wildman–Crippen LogP) is 2.71. The van der Waals surface area contributed by atoms with Crippen LogP contribution in [0.1, 0.15) is 49.7 Å². The lowest BCUT2D eigenvalue weighted by atomic mass is 9.95. The average molecular weight is 465 g/mol. The molecule has 2 aromatic carbocycles. The van der Waals surface area contributed by atoms with E-state index in [2.05, 4.69) is 21.2 Å². The fourth-order valence-corrected chi connectivity index (χ4v) is 3.73. The van der Waals surface area contributed by atoms with Gasteiger partial charge in [0.15, 0.2) is 6.61 Å². The zero-order valence-corrected chi connectivity index (χ0v) is 19.3. The first-order chi connectivity index (χ1) is 16.6. The topological polar surface area (TPSA) is 109 Å². The van der Waals surface area contributed by atoms with Crippen LogP contribution in [0.4, 0.5) is 0 Å². The van der Waals surface area contributed by atoms with Gasteiger partial charge in [-0.2, -0.15) is 5.10 Å². The predicted molar refractivity (Wildman–Crippen MR) is 130 cm³/mol. The van der Waals surface area contributed by atoms with Crippen LogP contribution in [0, 0.1) is 0 Å².